The van der Waals surface area contributed by atoms with Crippen LogP contribution in [0.1, 0.15) is 30.7 Å². The highest BCUT2D eigenvalue weighted by molar-refractivity contribution is 6.30. The van der Waals surface area contributed by atoms with Crippen LogP contribution in [0.3, 0.4) is 0 Å². The number of rotatable bonds is 2. The third kappa shape index (κ3) is 2.15. The normalized spacial score (nSPS) is 34.4. The number of hydrogen-bond donors (Lipinski definition) is 1. The van der Waals surface area contributed by atoms with Gasteiger partial charge in [0.1, 0.15) is 0 Å². The third-order valence-corrected chi connectivity index (χ3v) is 5.15. The molecule has 1 aromatic carbocycles. The molecule has 2 heterocycles. The Bertz CT molecular complexity index is 487. The van der Waals surface area contributed by atoms with Gasteiger partial charge >= 0.3 is 0 Å². The molecule has 0 spiro atoms. The predicted octanol–water partition coefficient (Wildman–Crippen LogP) is 2.39. The number of amides is 1. The standard InChI is InChI=1S/C15H19ClN2O/c1-18-11-6-7-13(18)14(15(17)19)12(8-11)9-2-4-10(16)5-3-9/h2-5,11-14H,6-8H2,1H3,(H2,17,19)/t11-,12-,13?,14?/m1/s1. The van der Waals surface area contributed by atoms with Crippen molar-refractivity contribution in [2.24, 2.45) is 11.7 Å². The molecular weight excluding hydrogens is 260 g/mol. The van der Waals surface area contributed by atoms with Gasteiger partial charge in [0.2, 0.25) is 5.91 Å². The maximum Gasteiger partial charge on any atom is 0.222 e. The monoisotopic (exact) mass is 278 g/mol. The van der Waals surface area contributed by atoms with E-state index in [1.54, 1.807) is 0 Å². The zero-order valence-electron chi connectivity index (χ0n) is 11.1. The van der Waals surface area contributed by atoms with E-state index in [-0.39, 0.29) is 17.7 Å². The first-order chi connectivity index (χ1) is 9.08. The molecule has 2 unspecified atom stereocenters. The molecule has 2 fully saturated rings. The summed E-state index contributed by atoms with van der Waals surface area (Å²) in [6, 6.07) is 8.75. The van der Waals surface area contributed by atoms with E-state index in [2.05, 4.69) is 11.9 Å². The molecule has 2 bridgehead atoms. The molecule has 19 heavy (non-hydrogen) atoms. The van der Waals surface area contributed by atoms with Crippen LogP contribution >= 0.6 is 11.6 Å². The van der Waals surface area contributed by atoms with Gasteiger partial charge in [-0.25, -0.2) is 0 Å². The highest BCUT2D eigenvalue weighted by Crippen LogP contribution is 2.46. The molecule has 0 radical (unpaired) electrons. The smallest absolute Gasteiger partial charge is 0.222 e. The largest absolute Gasteiger partial charge is 0.369 e. The van der Waals surface area contributed by atoms with Crippen LogP contribution in [0.15, 0.2) is 24.3 Å². The van der Waals surface area contributed by atoms with E-state index in [0.29, 0.717) is 12.1 Å². The lowest BCUT2D eigenvalue weighted by molar-refractivity contribution is -0.126. The number of carbonyl (C=O) groups is 1. The third-order valence-electron chi connectivity index (χ3n) is 4.90. The summed E-state index contributed by atoms with van der Waals surface area (Å²) in [5.74, 6) is -0.00876. The van der Waals surface area contributed by atoms with Gasteiger partial charge in [-0.05, 0) is 49.9 Å². The number of carbonyl (C=O) groups excluding carboxylic acids is 1. The van der Waals surface area contributed by atoms with Gasteiger partial charge in [-0.15, -0.1) is 0 Å². The van der Waals surface area contributed by atoms with Crippen molar-refractivity contribution in [3.63, 3.8) is 0 Å². The fraction of sp³-hybridized carbons (Fsp3) is 0.533. The van der Waals surface area contributed by atoms with Crippen LogP contribution in [0.2, 0.25) is 5.02 Å². The molecule has 2 aliphatic heterocycles. The van der Waals surface area contributed by atoms with Gasteiger partial charge < -0.3 is 5.73 Å². The zero-order valence-corrected chi connectivity index (χ0v) is 11.8. The second-order valence-corrected chi connectivity index (χ2v) is 6.22. The van der Waals surface area contributed by atoms with Crippen molar-refractivity contribution in [2.75, 3.05) is 7.05 Å². The maximum absolute atomic E-state index is 11.9. The van der Waals surface area contributed by atoms with E-state index in [4.69, 9.17) is 17.3 Å². The molecule has 0 aromatic heterocycles. The number of benzene rings is 1. The lowest BCUT2D eigenvalue weighted by atomic mass is 9.76. The summed E-state index contributed by atoms with van der Waals surface area (Å²) in [4.78, 5) is 14.3. The SMILES string of the molecule is CN1C2CC[C@@H]1C[C@H](c1ccc(Cl)cc1)C2C(N)=O. The average molecular weight is 279 g/mol. The van der Waals surface area contributed by atoms with Gasteiger partial charge in [0.25, 0.3) is 0 Å². The van der Waals surface area contributed by atoms with E-state index in [1.807, 2.05) is 24.3 Å². The van der Waals surface area contributed by atoms with Crippen LogP contribution in [0, 0.1) is 5.92 Å². The number of nitrogens with two attached hydrogens (primary N) is 1. The van der Waals surface area contributed by atoms with Gasteiger partial charge in [0.05, 0.1) is 5.92 Å². The van der Waals surface area contributed by atoms with Crippen LogP contribution in [0.5, 0.6) is 0 Å². The van der Waals surface area contributed by atoms with Gasteiger partial charge in [-0.2, -0.15) is 0 Å². The number of piperidine rings is 1. The number of hydrogen-bond acceptors (Lipinski definition) is 2. The fourth-order valence-electron chi connectivity index (χ4n) is 3.91. The first-order valence-electron chi connectivity index (χ1n) is 6.84. The number of fused-ring (bicyclic) bond motifs is 2. The predicted molar refractivity (Wildman–Crippen MR) is 76.1 cm³/mol. The van der Waals surface area contributed by atoms with Crippen molar-refractivity contribution in [2.45, 2.75) is 37.3 Å². The van der Waals surface area contributed by atoms with Gasteiger partial charge in [-0.1, -0.05) is 23.7 Å². The van der Waals surface area contributed by atoms with Crippen molar-refractivity contribution in [1.29, 1.82) is 0 Å². The van der Waals surface area contributed by atoms with Crippen LogP contribution in [-0.2, 0) is 4.79 Å². The molecular formula is C15H19ClN2O. The van der Waals surface area contributed by atoms with E-state index in [1.165, 1.54) is 12.0 Å². The lowest BCUT2D eigenvalue weighted by Gasteiger charge is -2.41. The molecule has 0 aliphatic carbocycles. The minimum Gasteiger partial charge on any atom is -0.369 e. The molecule has 2 saturated heterocycles. The molecule has 3 nitrogen and oxygen atoms in total. The first kappa shape index (κ1) is 12.9. The summed E-state index contributed by atoms with van der Waals surface area (Å²) in [5, 5.41) is 0.732. The Labute approximate surface area is 118 Å². The van der Waals surface area contributed by atoms with E-state index in [0.717, 1.165) is 17.9 Å². The van der Waals surface area contributed by atoms with Crippen LogP contribution in [-0.4, -0.2) is 29.9 Å². The Kier molecular flexibility index (Phi) is 3.27. The van der Waals surface area contributed by atoms with Crippen molar-refractivity contribution in [3.8, 4) is 0 Å². The van der Waals surface area contributed by atoms with Crippen LogP contribution < -0.4 is 5.73 Å². The van der Waals surface area contributed by atoms with Crippen molar-refractivity contribution >= 4 is 17.5 Å². The van der Waals surface area contributed by atoms with Gasteiger partial charge in [0.15, 0.2) is 0 Å². The molecule has 4 atom stereocenters. The minimum atomic E-state index is -0.169. The Morgan fingerprint density at radius 3 is 2.63 bits per heavy atom. The van der Waals surface area contributed by atoms with E-state index < -0.39 is 0 Å². The summed E-state index contributed by atoms with van der Waals surface area (Å²) in [6.07, 6.45) is 3.27. The van der Waals surface area contributed by atoms with Crippen molar-refractivity contribution < 1.29 is 4.79 Å². The van der Waals surface area contributed by atoms with Crippen LogP contribution in [0.25, 0.3) is 0 Å². The Morgan fingerprint density at radius 2 is 2.00 bits per heavy atom. The van der Waals surface area contributed by atoms with E-state index >= 15 is 0 Å². The second-order valence-electron chi connectivity index (χ2n) is 5.79. The lowest BCUT2D eigenvalue weighted by Crippen LogP contribution is -2.50. The van der Waals surface area contributed by atoms with E-state index in [9.17, 15) is 4.79 Å². The molecule has 2 N–H and O–H groups in total. The average Bonchev–Trinajstić information content (AvgIpc) is 2.63. The maximum atomic E-state index is 11.9. The second kappa shape index (κ2) is 4.80. The molecule has 1 amide bonds. The molecule has 4 heteroatoms. The zero-order chi connectivity index (χ0) is 13.6. The fourth-order valence-corrected chi connectivity index (χ4v) is 4.03. The number of nitrogens with zero attached hydrogens (tertiary/aromatic N) is 1. The minimum absolute atomic E-state index is 0.0788. The Balaban J connectivity index is 1.95. The molecule has 1 aromatic rings. The number of primary amides is 1. The summed E-state index contributed by atoms with van der Waals surface area (Å²) in [5.41, 5.74) is 6.87. The van der Waals surface area contributed by atoms with Gasteiger partial charge in [0, 0.05) is 17.1 Å². The first-order valence-corrected chi connectivity index (χ1v) is 7.22. The summed E-state index contributed by atoms with van der Waals surface area (Å²) >= 11 is 5.94. The topological polar surface area (TPSA) is 46.3 Å². The Hall–Kier alpha value is -1.06. The Morgan fingerprint density at radius 1 is 1.32 bits per heavy atom. The summed E-state index contributed by atoms with van der Waals surface area (Å²) in [7, 11) is 2.12. The van der Waals surface area contributed by atoms with Crippen molar-refractivity contribution in [1.82, 2.24) is 4.90 Å². The molecule has 0 saturated carbocycles. The van der Waals surface area contributed by atoms with Crippen LogP contribution in [0.4, 0.5) is 0 Å². The highest BCUT2D eigenvalue weighted by Gasteiger charge is 2.48. The molecule has 102 valence electrons. The molecule has 2 aliphatic rings. The summed E-state index contributed by atoms with van der Waals surface area (Å²) < 4.78 is 0. The number of halogens is 1. The summed E-state index contributed by atoms with van der Waals surface area (Å²) in [6.45, 7) is 0. The molecule has 3 rings (SSSR count). The highest BCUT2D eigenvalue weighted by atomic mass is 35.5. The van der Waals surface area contributed by atoms with Gasteiger partial charge in [-0.3, -0.25) is 9.69 Å². The van der Waals surface area contributed by atoms with Crippen molar-refractivity contribution in [3.05, 3.63) is 34.9 Å². The quantitative estimate of drug-likeness (QED) is 0.903.